The molecule has 8 nitrogen and oxygen atoms in total. The lowest BCUT2D eigenvalue weighted by Gasteiger charge is -2.24. The fraction of sp³-hybridized carbons (Fsp3) is 0.292. The number of aliphatic hydroxyl groups excluding tert-OH is 1. The van der Waals surface area contributed by atoms with E-state index in [-0.39, 0.29) is 12.0 Å². The van der Waals surface area contributed by atoms with Crippen molar-refractivity contribution in [2.24, 2.45) is 0 Å². The zero-order chi connectivity index (χ0) is 24.1. The largest absolute Gasteiger partial charge is 0.461 e. The summed E-state index contributed by atoms with van der Waals surface area (Å²) in [6.07, 6.45) is -1.89. The van der Waals surface area contributed by atoms with Crippen LogP contribution >= 0.6 is 11.6 Å². The van der Waals surface area contributed by atoms with Crippen LogP contribution in [0.1, 0.15) is 35.5 Å². The number of hydrogen-bond donors (Lipinski definition) is 3. The molecule has 2 aromatic carbocycles. The molecule has 1 amide bonds. The van der Waals surface area contributed by atoms with E-state index in [1.807, 2.05) is 0 Å². The monoisotopic (exact) mass is 471 g/mol. The van der Waals surface area contributed by atoms with E-state index in [0.717, 1.165) is 0 Å². The van der Waals surface area contributed by atoms with Crippen molar-refractivity contribution in [3.05, 3.63) is 86.8 Å². The van der Waals surface area contributed by atoms with Crippen LogP contribution in [0.4, 0.5) is 0 Å². The van der Waals surface area contributed by atoms with Gasteiger partial charge in [0.15, 0.2) is 6.10 Å². The van der Waals surface area contributed by atoms with Crippen molar-refractivity contribution in [2.45, 2.75) is 45.4 Å². The number of halogens is 1. The number of benzene rings is 2. The number of aromatic nitrogens is 2. The summed E-state index contributed by atoms with van der Waals surface area (Å²) in [5.41, 5.74) is 2.03. The van der Waals surface area contributed by atoms with E-state index in [1.165, 1.54) is 10.7 Å². The highest BCUT2D eigenvalue weighted by molar-refractivity contribution is 6.31. The Hall–Kier alpha value is -3.36. The zero-order valence-electron chi connectivity index (χ0n) is 18.5. The summed E-state index contributed by atoms with van der Waals surface area (Å²) >= 11 is 6.24. The van der Waals surface area contributed by atoms with Gasteiger partial charge < -0.3 is 15.2 Å². The van der Waals surface area contributed by atoms with Crippen LogP contribution in [0.5, 0.6) is 0 Å². The Morgan fingerprint density at radius 3 is 2.39 bits per heavy atom. The highest BCUT2D eigenvalue weighted by Crippen LogP contribution is 2.19. The van der Waals surface area contributed by atoms with Gasteiger partial charge in [-0.2, -0.15) is 0 Å². The zero-order valence-corrected chi connectivity index (χ0v) is 19.3. The van der Waals surface area contributed by atoms with Crippen molar-refractivity contribution in [1.29, 1.82) is 0 Å². The summed E-state index contributed by atoms with van der Waals surface area (Å²) < 4.78 is 6.48. The molecule has 0 radical (unpaired) electrons. The molecule has 2 atom stereocenters. The fourth-order valence-electron chi connectivity index (χ4n) is 3.33. The van der Waals surface area contributed by atoms with Crippen LogP contribution < -0.4 is 10.9 Å². The van der Waals surface area contributed by atoms with Gasteiger partial charge in [-0.1, -0.05) is 29.8 Å². The van der Waals surface area contributed by atoms with E-state index >= 15 is 0 Å². The minimum Gasteiger partial charge on any atom is -0.461 e. The molecular formula is C24H26ClN3O5. The highest BCUT2D eigenvalue weighted by atomic mass is 35.5. The molecule has 0 aliphatic heterocycles. The predicted molar refractivity (Wildman–Crippen MR) is 125 cm³/mol. The third-order valence-corrected chi connectivity index (χ3v) is 5.29. The van der Waals surface area contributed by atoms with Gasteiger partial charge in [0, 0.05) is 22.3 Å². The third kappa shape index (κ3) is 6.12. The van der Waals surface area contributed by atoms with E-state index in [4.69, 9.17) is 16.3 Å². The van der Waals surface area contributed by atoms with Crippen molar-refractivity contribution in [3.8, 4) is 5.69 Å². The number of aromatic amines is 1. The Kier molecular flexibility index (Phi) is 7.73. The van der Waals surface area contributed by atoms with Crippen LogP contribution in [0, 0.1) is 6.92 Å². The number of aryl methyl sites for hydroxylation is 1. The number of carbonyl (C=O) groups is 2. The Balaban J connectivity index is 1.81. The number of amides is 1. The summed E-state index contributed by atoms with van der Waals surface area (Å²) in [4.78, 5) is 37.2. The number of esters is 1. The number of nitrogens with one attached hydrogen (secondary N) is 2. The average Bonchev–Trinajstić information content (AvgIpc) is 3.11. The van der Waals surface area contributed by atoms with Gasteiger partial charge in [-0.05, 0) is 63.1 Å². The van der Waals surface area contributed by atoms with Crippen LogP contribution in [-0.2, 0) is 16.0 Å². The van der Waals surface area contributed by atoms with Gasteiger partial charge in [-0.15, -0.1) is 0 Å². The minimum absolute atomic E-state index is 0.120. The molecule has 3 rings (SSSR count). The Morgan fingerprint density at radius 1 is 1.15 bits per heavy atom. The second kappa shape index (κ2) is 10.5. The standard InChI is InChI=1S/C24H26ClN3O5/c1-14(2)33-24(32)22(30)20(13-17-6-4-5-7-19(17)25)26-23(31)16-8-10-18(11-9-16)28-21(29)12-15(3)27-28/h4-12,14,20,22,27,30H,13H2,1-3H3,(H,26,31)/t20-,22-/m1/s1. The molecule has 0 unspecified atom stereocenters. The number of aliphatic hydroxyl groups is 1. The number of carbonyl (C=O) groups excluding carboxylic acids is 2. The Morgan fingerprint density at radius 2 is 1.82 bits per heavy atom. The first-order valence-corrected chi connectivity index (χ1v) is 10.9. The van der Waals surface area contributed by atoms with Gasteiger partial charge in [0.1, 0.15) is 0 Å². The summed E-state index contributed by atoms with van der Waals surface area (Å²) in [5, 5.41) is 16.7. The molecule has 0 bridgehead atoms. The normalized spacial score (nSPS) is 12.9. The second-order valence-corrected chi connectivity index (χ2v) is 8.37. The van der Waals surface area contributed by atoms with Crippen molar-refractivity contribution in [3.63, 3.8) is 0 Å². The van der Waals surface area contributed by atoms with E-state index < -0.39 is 30.1 Å². The first kappa shape index (κ1) is 24.3. The van der Waals surface area contributed by atoms with E-state index in [0.29, 0.717) is 27.5 Å². The molecule has 0 saturated carbocycles. The number of rotatable bonds is 8. The molecule has 0 fully saturated rings. The number of nitrogens with zero attached hydrogens (tertiary/aromatic N) is 1. The highest BCUT2D eigenvalue weighted by Gasteiger charge is 2.30. The van der Waals surface area contributed by atoms with Gasteiger partial charge in [0.2, 0.25) is 0 Å². The molecule has 0 aliphatic rings. The third-order valence-electron chi connectivity index (χ3n) is 4.92. The summed E-state index contributed by atoms with van der Waals surface area (Å²) in [6.45, 7) is 5.12. The topological polar surface area (TPSA) is 113 Å². The number of hydrogen-bond acceptors (Lipinski definition) is 5. The lowest BCUT2D eigenvalue weighted by Crippen LogP contribution is -2.49. The average molecular weight is 472 g/mol. The predicted octanol–water partition coefficient (Wildman–Crippen LogP) is 2.78. The van der Waals surface area contributed by atoms with Gasteiger partial charge >= 0.3 is 5.97 Å². The molecule has 1 aromatic heterocycles. The van der Waals surface area contributed by atoms with Crippen LogP contribution in [0.2, 0.25) is 5.02 Å². The van der Waals surface area contributed by atoms with E-state index in [1.54, 1.807) is 69.3 Å². The minimum atomic E-state index is -1.59. The summed E-state index contributed by atoms with van der Waals surface area (Å²) in [6, 6.07) is 13.8. The molecule has 9 heteroatoms. The van der Waals surface area contributed by atoms with Crippen molar-refractivity contribution in [2.75, 3.05) is 0 Å². The molecule has 3 aromatic rings. The van der Waals surface area contributed by atoms with E-state index in [2.05, 4.69) is 10.4 Å². The Labute approximate surface area is 196 Å². The van der Waals surface area contributed by atoms with Gasteiger partial charge in [-0.25, -0.2) is 9.48 Å². The molecule has 1 heterocycles. The van der Waals surface area contributed by atoms with Crippen LogP contribution in [-0.4, -0.2) is 45.0 Å². The van der Waals surface area contributed by atoms with Crippen molar-refractivity contribution in [1.82, 2.24) is 15.1 Å². The van der Waals surface area contributed by atoms with Crippen molar-refractivity contribution >= 4 is 23.5 Å². The lowest BCUT2D eigenvalue weighted by atomic mass is 10.0. The van der Waals surface area contributed by atoms with Gasteiger partial charge in [0.25, 0.3) is 11.5 Å². The van der Waals surface area contributed by atoms with Gasteiger partial charge in [0.05, 0.1) is 17.8 Å². The maximum Gasteiger partial charge on any atom is 0.337 e. The Bertz CT molecular complexity index is 1180. The van der Waals surface area contributed by atoms with Crippen molar-refractivity contribution < 1.29 is 19.4 Å². The molecule has 33 heavy (non-hydrogen) atoms. The first-order chi connectivity index (χ1) is 15.7. The smallest absolute Gasteiger partial charge is 0.337 e. The van der Waals surface area contributed by atoms with Crippen LogP contribution in [0.25, 0.3) is 5.69 Å². The summed E-state index contributed by atoms with van der Waals surface area (Å²) in [7, 11) is 0. The fourth-order valence-corrected chi connectivity index (χ4v) is 3.54. The summed E-state index contributed by atoms with van der Waals surface area (Å²) in [5.74, 6) is -1.33. The molecule has 0 spiro atoms. The number of H-pyrrole nitrogens is 1. The molecule has 3 N–H and O–H groups in total. The number of ether oxygens (including phenoxy) is 1. The van der Waals surface area contributed by atoms with Crippen LogP contribution in [0.3, 0.4) is 0 Å². The quantitative estimate of drug-likeness (QED) is 0.437. The molecular weight excluding hydrogens is 446 g/mol. The van der Waals surface area contributed by atoms with Gasteiger partial charge in [-0.3, -0.25) is 14.7 Å². The molecule has 0 aliphatic carbocycles. The first-order valence-electron chi connectivity index (χ1n) is 10.5. The lowest BCUT2D eigenvalue weighted by molar-refractivity contribution is -0.158. The SMILES string of the molecule is Cc1cc(=O)n(-c2ccc(C(=O)N[C@H](Cc3ccccc3Cl)[C@@H](O)C(=O)OC(C)C)cc2)[nH]1. The molecule has 174 valence electrons. The van der Waals surface area contributed by atoms with E-state index in [9.17, 15) is 19.5 Å². The maximum absolute atomic E-state index is 12.9. The van der Waals surface area contributed by atoms with Crippen LogP contribution in [0.15, 0.2) is 59.4 Å². The maximum atomic E-state index is 12.9. The molecule has 0 saturated heterocycles. The second-order valence-electron chi connectivity index (χ2n) is 7.97.